The van der Waals surface area contributed by atoms with Gasteiger partial charge in [-0.25, -0.2) is 9.38 Å². The molecule has 1 aromatic rings. The fraction of sp³-hybridized carbons (Fsp3) is 0.357. The van der Waals surface area contributed by atoms with Gasteiger partial charge < -0.3 is 20.1 Å². The monoisotopic (exact) mass is 279 g/mol. The van der Waals surface area contributed by atoms with Crippen LogP contribution >= 0.6 is 0 Å². The Hall–Kier alpha value is -2.08. The largest absolute Gasteiger partial charge is 0.497 e. The summed E-state index contributed by atoms with van der Waals surface area (Å²) < 4.78 is 24.1. The molecule has 0 spiro atoms. The molecule has 1 heterocycles. The van der Waals surface area contributed by atoms with Gasteiger partial charge in [0.25, 0.3) is 0 Å². The average Bonchev–Trinajstić information content (AvgIpc) is 2.48. The maximum atomic E-state index is 13.4. The third kappa shape index (κ3) is 3.71. The molecule has 1 atom stereocenters. The van der Waals surface area contributed by atoms with Crippen LogP contribution in [-0.4, -0.2) is 26.2 Å². The zero-order chi connectivity index (χ0) is 14.4. The minimum Gasteiger partial charge on any atom is -0.497 e. The number of hydrogen-bond acceptors (Lipinski definition) is 5. The number of methoxy groups -OCH3 is 1. The first-order valence-electron chi connectivity index (χ1n) is 6.41. The Labute approximate surface area is 117 Å². The fourth-order valence-corrected chi connectivity index (χ4v) is 1.76. The molecule has 0 fully saturated rings. The van der Waals surface area contributed by atoms with Crippen LogP contribution in [0.1, 0.15) is 12.5 Å². The molecule has 0 saturated heterocycles. The minimum absolute atomic E-state index is 0.304. The molecule has 0 saturated carbocycles. The third-order valence-corrected chi connectivity index (χ3v) is 2.73. The summed E-state index contributed by atoms with van der Waals surface area (Å²) in [4.78, 5) is 3.94. The Kier molecular flexibility index (Phi) is 4.95. The van der Waals surface area contributed by atoms with E-state index in [-0.39, 0.29) is 0 Å². The van der Waals surface area contributed by atoms with Crippen molar-refractivity contribution in [3.05, 3.63) is 41.5 Å². The van der Waals surface area contributed by atoms with E-state index in [0.717, 1.165) is 17.5 Å². The van der Waals surface area contributed by atoms with E-state index in [9.17, 15) is 4.39 Å². The topological polar surface area (TPSA) is 54.9 Å². The van der Waals surface area contributed by atoms with Crippen LogP contribution in [0.4, 0.5) is 4.39 Å². The zero-order valence-corrected chi connectivity index (χ0v) is 11.5. The first-order valence-corrected chi connectivity index (χ1v) is 6.41. The standard InChI is InChI=1S/C14H18FN3O2/c1-3-16-13-12(15)8-17-14(18-13)20-9-10-5-4-6-11(7-10)19-2/h4-8,14,16,18H,3,9H2,1-2H3/t14-/m1/s1. The summed E-state index contributed by atoms with van der Waals surface area (Å²) in [5.41, 5.74) is 0.960. The van der Waals surface area contributed by atoms with Crippen molar-refractivity contribution < 1.29 is 13.9 Å². The SMILES string of the molecule is CCNC1=C(F)C=N[C@@H](OCc2cccc(OC)c2)N1. The predicted octanol–water partition coefficient (Wildman–Crippen LogP) is 1.92. The number of aliphatic imine (C=N–C) groups is 1. The molecule has 0 aliphatic carbocycles. The maximum absolute atomic E-state index is 13.4. The van der Waals surface area contributed by atoms with Gasteiger partial charge in [0.05, 0.1) is 19.9 Å². The van der Waals surface area contributed by atoms with E-state index < -0.39 is 12.2 Å². The number of nitrogens with zero attached hydrogens (tertiary/aromatic N) is 1. The second kappa shape index (κ2) is 6.91. The highest BCUT2D eigenvalue weighted by molar-refractivity contribution is 5.77. The Morgan fingerprint density at radius 1 is 1.45 bits per heavy atom. The van der Waals surface area contributed by atoms with Gasteiger partial charge >= 0.3 is 0 Å². The number of hydrogen-bond donors (Lipinski definition) is 2. The summed E-state index contributed by atoms with van der Waals surface area (Å²) in [5, 5.41) is 5.73. The molecule has 108 valence electrons. The Bertz CT molecular complexity index is 517. The van der Waals surface area contributed by atoms with E-state index in [2.05, 4.69) is 15.6 Å². The second-order valence-corrected chi connectivity index (χ2v) is 4.19. The van der Waals surface area contributed by atoms with Crippen molar-refractivity contribution in [2.24, 2.45) is 4.99 Å². The molecule has 0 radical (unpaired) electrons. The highest BCUT2D eigenvalue weighted by Crippen LogP contribution is 2.15. The molecule has 2 rings (SSSR count). The number of rotatable bonds is 6. The van der Waals surface area contributed by atoms with Gasteiger partial charge in [-0.1, -0.05) is 12.1 Å². The van der Waals surface area contributed by atoms with Crippen LogP contribution in [0, 0.1) is 0 Å². The van der Waals surface area contributed by atoms with Crippen molar-refractivity contribution in [3.8, 4) is 5.75 Å². The van der Waals surface area contributed by atoms with Gasteiger partial charge in [0.2, 0.25) is 6.35 Å². The molecule has 20 heavy (non-hydrogen) atoms. The van der Waals surface area contributed by atoms with Crippen LogP contribution in [0.3, 0.4) is 0 Å². The lowest BCUT2D eigenvalue weighted by molar-refractivity contribution is 0.0276. The highest BCUT2D eigenvalue weighted by atomic mass is 19.1. The Morgan fingerprint density at radius 3 is 3.05 bits per heavy atom. The van der Waals surface area contributed by atoms with Crippen LogP contribution in [0.15, 0.2) is 40.9 Å². The lowest BCUT2D eigenvalue weighted by Gasteiger charge is -2.22. The summed E-state index contributed by atoms with van der Waals surface area (Å²) in [6.45, 7) is 2.86. The van der Waals surface area contributed by atoms with Gasteiger partial charge in [-0.3, -0.25) is 0 Å². The van der Waals surface area contributed by atoms with Crippen LogP contribution in [0.2, 0.25) is 0 Å². The number of nitrogens with one attached hydrogen (secondary N) is 2. The van der Waals surface area contributed by atoms with Crippen molar-refractivity contribution in [3.63, 3.8) is 0 Å². The van der Waals surface area contributed by atoms with Gasteiger partial charge in [-0.05, 0) is 24.6 Å². The van der Waals surface area contributed by atoms with Crippen molar-refractivity contribution in [2.75, 3.05) is 13.7 Å². The van der Waals surface area contributed by atoms with Crippen molar-refractivity contribution in [1.82, 2.24) is 10.6 Å². The van der Waals surface area contributed by atoms with E-state index in [0.29, 0.717) is 19.0 Å². The molecule has 0 unspecified atom stereocenters. The number of halogens is 1. The van der Waals surface area contributed by atoms with E-state index in [1.807, 2.05) is 31.2 Å². The molecule has 0 aromatic heterocycles. The van der Waals surface area contributed by atoms with E-state index in [1.165, 1.54) is 0 Å². The molecule has 6 heteroatoms. The van der Waals surface area contributed by atoms with E-state index in [4.69, 9.17) is 9.47 Å². The summed E-state index contributed by atoms with van der Waals surface area (Å²) >= 11 is 0. The van der Waals surface area contributed by atoms with Crippen LogP contribution < -0.4 is 15.4 Å². The van der Waals surface area contributed by atoms with Crippen molar-refractivity contribution in [1.29, 1.82) is 0 Å². The molecule has 1 aliphatic rings. The quantitative estimate of drug-likeness (QED) is 0.835. The average molecular weight is 279 g/mol. The smallest absolute Gasteiger partial charge is 0.227 e. The third-order valence-electron chi connectivity index (χ3n) is 2.73. The summed E-state index contributed by atoms with van der Waals surface area (Å²) in [5.74, 6) is 0.650. The molecular formula is C14H18FN3O2. The van der Waals surface area contributed by atoms with E-state index in [1.54, 1.807) is 7.11 Å². The van der Waals surface area contributed by atoms with Crippen molar-refractivity contribution in [2.45, 2.75) is 19.9 Å². The first-order chi connectivity index (χ1) is 9.72. The number of ether oxygens (including phenoxy) is 2. The predicted molar refractivity (Wildman–Crippen MR) is 75.0 cm³/mol. The van der Waals surface area contributed by atoms with Gasteiger partial charge in [-0.15, -0.1) is 0 Å². The van der Waals surface area contributed by atoms with Gasteiger partial charge in [-0.2, -0.15) is 0 Å². The highest BCUT2D eigenvalue weighted by Gasteiger charge is 2.16. The number of benzene rings is 1. The Balaban J connectivity index is 1.90. The molecule has 2 N–H and O–H groups in total. The lowest BCUT2D eigenvalue weighted by Crippen LogP contribution is -2.39. The minimum atomic E-state index is -0.602. The van der Waals surface area contributed by atoms with Crippen molar-refractivity contribution >= 4 is 6.21 Å². The van der Waals surface area contributed by atoms with E-state index >= 15 is 0 Å². The van der Waals surface area contributed by atoms with Gasteiger partial charge in [0.1, 0.15) is 11.6 Å². The second-order valence-electron chi connectivity index (χ2n) is 4.19. The molecule has 5 nitrogen and oxygen atoms in total. The van der Waals surface area contributed by atoms with Crippen LogP contribution in [-0.2, 0) is 11.3 Å². The summed E-state index contributed by atoms with van der Waals surface area (Å²) in [6, 6.07) is 7.56. The van der Waals surface area contributed by atoms with Crippen LogP contribution in [0.5, 0.6) is 5.75 Å². The summed E-state index contributed by atoms with van der Waals surface area (Å²) in [6.07, 6.45) is 0.555. The number of allylic oxidation sites excluding steroid dienone is 1. The molecular weight excluding hydrogens is 261 g/mol. The normalized spacial score (nSPS) is 17.9. The lowest BCUT2D eigenvalue weighted by atomic mass is 10.2. The molecule has 0 bridgehead atoms. The van der Waals surface area contributed by atoms with Gasteiger partial charge in [0.15, 0.2) is 5.83 Å². The fourth-order valence-electron chi connectivity index (χ4n) is 1.76. The molecule has 1 aliphatic heterocycles. The van der Waals surface area contributed by atoms with Crippen LogP contribution in [0.25, 0.3) is 0 Å². The zero-order valence-electron chi connectivity index (χ0n) is 11.5. The first kappa shape index (κ1) is 14.3. The molecule has 1 aromatic carbocycles. The molecule has 0 amide bonds. The Morgan fingerprint density at radius 2 is 2.30 bits per heavy atom. The summed E-state index contributed by atoms with van der Waals surface area (Å²) in [7, 11) is 1.61. The van der Waals surface area contributed by atoms with Gasteiger partial charge in [0, 0.05) is 6.54 Å². The maximum Gasteiger partial charge on any atom is 0.227 e.